The fourth-order valence-electron chi connectivity index (χ4n) is 2.10. The third kappa shape index (κ3) is 5.01. The Bertz CT molecular complexity index is 316. The highest BCUT2D eigenvalue weighted by Gasteiger charge is 2.18. The summed E-state index contributed by atoms with van der Waals surface area (Å²) in [5, 5.41) is 12.8. The van der Waals surface area contributed by atoms with Gasteiger partial charge in [-0.25, -0.2) is 0 Å². The van der Waals surface area contributed by atoms with E-state index in [0.29, 0.717) is 18.0 Å². The number of thioether (sulfide) groups is 1. The molecule has 1 aromatic carbocycles. The van der Waals surface area contributed by atoms with Gasteiger partial charge in [-0.1, -0.05) is 44.2 Å². The van der Waals surface area contributed by atoms with Crippen LogP contribution >= 0.6 is 11.8 Å². The normalized spacial score (nSPS) is 14.7. The van der Waals surface area contributed by atoms with Gasteiger partial charge in [0, 0.05) is 24.4 Å². The number of hydrogen-bond donors (Lipinski definition) is 2. The number of hydrogen-bond acceptors (Lipinski definition) is 3. The molecule has 2 N–H and O–H groups in total. The second kappa shape index (κ2) is 8.57. The van der Waals surface area contributed by atoms with Gasteiger partial charge in [0.15, 0.2) is 0 Å². The molecule has 0 aliphatic rings. The van der Waals surface area contributed by atoms with Crippen LogP contribution in [0.2, 0.25) is 0 Å². The molecule has 1 aromatic rings. The summed E-state index contributed by atoms with van der Waals surface area (Å²) in [7, 11) is 0. The monoisotopic (exact) mass is 267 g/mol. The molecule has 0 spiro atoms. The summed E-state index contributed by atoms with van der Waals surface area (Å²) in [6.45, 7) is 4.65. The molecule has 0 aliphatic heterocycles. The standard InChI is InChI=1S/C15H25NOS/c1-12(2)14(9-10-17)16-15(11-18-3)13-7-5-4-6-8-13/h4-8,12,14-17H,9-11H2,1-3H3. The van der Waals surface area contributed by atoms with E-state index in [4.69, 9.17) is 5.11 Å². The molecule has 0 bridgehead atoms. The van der Waals surface area contributed by atoms with Crippen molar-refractivity contribution in [3.05, 3.63) is 35.9 Å². The van der Waals surface area contributed by atoms with Crippen molar-refractivity contribution in [1.82, 2.24) is 5.32 Å². The van der Waals surface area contributed by atoms with Gasteiger partial charge in [-0.05, 0) is 24.2 Å². The summed E-state index contributed by atoms with van der Waals surface area (Å²) >= 11 is 1.85. The molecule has 2 unspecified atom stereocenters. The van der Waals surface area contributed by atoms with Gasteiger partial charge in [-0.2, -0.15) is 11.8 Å². The van der Waals surface area contributed by atoms with E-state index in [2.05, 4.69) is 49.7 Å². The van der Waals surface area contributed by atoms with E-state index < -0.39 is 0 Å². The van der Waals surface area contributed by atoms with Gasteiger partial charge in [0.05, 0.1) is 0 Å². The van der Waals surface area contributed by atoms with Crippen LogP contribution in [0.15, 0.2) is 30.3 Å². The zero-order chi connectivity index (χ0) is 13.4. The molecule has 18 heavy (non-hydrogen) atoms. The van der Waals surface area contributed by atoms with Crippen molar-refractivity contribution in [3.63, 3.8) is 0 Å². The molecule has 0 fully saturated rings. The van der Waals surface area contributed by atoms with E-state index in [-0.39, 0.29) is 6.61 Å². The van der Waals surface area contributed by atoms with E-state index in [0.717, 1.165) is 12.2 Å². The van der Waals surface area contributed by atoms with Crippen molar-refractivity contribution in [2.24, 2.45) is 5.92 Å². The Hall–Kier alpha value is -0.510. The van der Waals surface area contributed by atoms with Gasteiger partial charge >= 0.3 is 0 Å². The van der Waals surface area contributed by atoms with Crippen LogP contribution in [0.25, 0.3) is 0 Å². The lowest BCUT2D eigenvalue weighted by Crippen LogP contribution is -2.38. The minimum atomic E-state index is 0.247. The van der Waals surface area contributed by atoms with Crippen LogP contribution in [0.4, 0.5) is 0 Å². The van der Waals surface area contributed by atoms with E-state index in [1.54, 1.807) is 0 Å². The number of aliphatic hydroxyl groups is 1. The van der Waals surface area contributed by atoms with Crippen molar-refractivity contribution in [2.45, 2.75) is 32.4 Å². The molecule has 0 radical (unpaired) electrons. The van der Waals surface area contributed by atoms with Crippen LogP contribution in [0.1, 0.15) is 31.9 Å². The number of benzene rings is 1. The maximum absolute atomic E-state index is 9.15. The Morgan fingerprint density at radius 2 is 1.89 bits per heavy atom. The summed E-state index contributed by atoms with van der Waals surface area (Å²) in [6, 6.07) is 11.3. The van der Waals surface area contributed by atoms with Gasteiger partial charge in [0.2, 0.25) is 0 Å². The SMILES string of the molecule is CSCC(NC(CCO)C(C)C)c1ccccc1. The predicted molar refractivity (Wildman–Crippen MR) is 81.0 cm³/mol. The van der Waals surface area contributed by atoms with E-state index in [9.17, 15) is 0 Å². The lowest BCUT2D eigenvalue weighted by atomic mass is 9.98. The highest BCUT2D eigenvalue weighted by Crippen LogP contribution is 2.20. The first-order valence-electron chi connectivity index (χ1n) is 6.59. The van der Waals surface area contributed by atoms with Gasteiger partial charge < -0.3 is 10.4 Å². The third-order valence-corrected chi connectivity index (χ3v) is 3.86. The molecular weight excluding hydrogens is 242 g/mol. The molecule has 0 aliphatic carbocycles. The summed E-state index contributed by atoms with van der Waals surface area (Å²) in [6.07, 6.45) is 2.95. The summed E-state index contributed by atoms with van der Waals surface area (Å²) < 4.78 is 0. The topological polar surface area (TPSA) is 32.3 Å². The third-order valence-electron chi connectivity index (χ3n) is 3.20. The molecule has 102 valence electrons. The lowest BCUT2D eigenvalue weighted by molar-refractivity contribution is 0.237. The van der Waals surface area contributed by atoms with Gasteiger partial charge in [0.25, 0.3) is 0 Å². The molecule has 0 aromatic heterocycles. The van der Waals surface area contributed by atoms with Crippen molar-refractivity contribution >= 4 is 11.8 Å². The number of aliphatic hydroxyl groups excluding tert-OH is 1. The Morgan fingerprint density at radius 1 is 1.22 bits per heavy atom. The van der Waals surface area contributed by atoms with Crippen molar-refractivity contribution < 1.29 is 5.11 Å². The molecule has 0 saturated heterocycles. The van der Waals surface area contributed by atoms with E-state index in [1.807, 2.05) is 17.8 Å². The van der Waals surface area contributed by atoms with Crippen molar-refractivity contribution in [2.75, 3.05) is 18.6 Å². The second-order valence-electron chi connectivity index (χ2n) is 4.95. The first-order chi connectivity index (χ1) is 8.69. The molecule has 0 saturated carbocycles. The maximum Gasteiger partial charge on any atom is 0.0445 e. The van der Waals surface area contributed by atoms with Crippen molar-refractivity contribution in [1.29, 1.82) is 0 Å². The molecule has 0 heterocycles. The quantitative estimate of drug-likeness (QED) is 0.759. The van der Waals surface area contributed by atoms with Crippen LogP contribution in [0.3, 0.4) is 0 Å². The average Bonchev–Trinajstić information content (AvgIpc) is 2.38. The van der Waals surface area contributed by atoms with Gasteiger partial charge in [-0.3, -0.25) is 0 Å². The van der Waals surface area contributed by atoms with Gasteiger partial charge in [-0.15, -0.1) is 0 Å². The second-order valence-corrected chi connectivity index (χ2v) is 5.86. The number of rotatable bonds is 8. The lowest BCUT2D eigenvalue weighted by Gasteiger charge is -2.28. The molecule has 2 atom stereocenters. The van der Waals surface area contributed by atoms with Crippen LogP contribution < -0.4 is 5.32 Å². The first-order valence-corrected chi connectivity index (χ1v) is 7.99. The fourth-order valence-corrected chi connectivity index (χ4v) is 2.72. The van der Waals surface area contributed by atoms with Gasteiger partial charge in [0.1, 0.15) is 0 Å². The molecule has 2 nitrogen and oxygen atoms in total. The van der Waals surface area contributed by atoms with Crippen LogP contribution in [-0.4, -0.2) is 29.8 Å². The summed E-state index contributed by atoms with van der Waals surface area (Å²) in [5.74, 6) is 1.59. The number of nitrogens with one attached hydrogen (secondary N) is 1. The molecular formula is C15H25NOS. The maximum atomic E-state index is 9.15. The smallest absolute Gasteiger partial charge is 0.0445 e. The minimum absolute atomic E-state index is 0.247. The zero-order valence-electron chi connectivity index (χ0n) is 11.6. The zero-order valence-corrected chi connectivity index (χ0v) is 12.4. The largest absolute Gasteiger partial charge is 0.396 e. The average molecular weight is 267 g/mol. The predicted octanol–water partition coefficient (Wildman–Crippen LogP) is 3.09. The highest BCUT2D eigenvalue weighted by atomic mass is 32.2. The molecule has 0 amide bonds. The molecule has 3 heteroatoms. The fraction of sp³-hybridized carbons (Fsp3) is 0.600. The minimum Gasteiger partial charge on any atom is -0.396 e. The van der Waals surface area contributed by atoms with E-state index in [1.165, 1.54) is 5.56 Å². The Balaban J connectivity index is 2.72. The first kappa shape index (κ1) is 15.5. The molecule has 1 rings (SSSR count). The van der Waals surface area contributed by atoms with Crippen molar-refractivity contribution in [3.8, 4) is 0 Å². The summed E-state index contributed by atoms with van der Waals surface area (Å²) in [4.78, 5) is 0. The van der Waals surface area contributed by atoms with Crippen LogP contribution in [-0.2, 0) is 0 Å². The Kier molecular flexibility index (Phi) is 7.40. The summed E-state index contributed by atoms with van der Waals surface area (Å²) in [5.41, 5.74) is 1.33. The Morgan fingerprint density at radius 3 is 2.39 bits per heavy atom. The van der Waals surface area contributed by atoms with Crippen LogP contribution in [0, 0.1) is 5.92 Å². The highest BCUT2D eigenvalue weighted by molar-refractivity contribution is 7.98. The Labute approximate surface area is 115 Å². The van der Waals surface area contributed by atoms with Crippen LogP contribution in [0.5, 0.6) is 0 Å². The van der Waals surface area contributed by atoms with E-state index >= 15 is 0 Å².